The maximum absolute atomic E-state index is 13.8. The zero-order valence-electron chi connectivity index (χ0n) is 9.40. The number of nitrogen functional groups attached to an aromatic ring is 1. The fraction of sp³-hybridized carbons (Fsp3) is 0.333. The molecule has 1 aromatic carbocycles. The molecule has 19 heavy (non-hydrogen) atoms. The molecule has 0 bridgehead atoms. The van der Waals surface area contributed by atoms with Crippen molar-refractivity contribution in [3.63, 3.8) is 0 Å². The summed E-state index contributed by atoms with van der Waals surface area (Å²) in [6.45, 7) is -1.28. The van der Waals surface area contributed by atoms with Gasteiger partial charge in [0.25, 0.3) is 0 Å². The van der Waals surface area contributed by atoms with Gasteiger partial charge in [-0.05, 0) is 22.0 Å². The molecule has 0 aromatic heterocycles. The highest BCUT2D eigenvalue weighted by Gasteiger charge is 2.26. The molecule has 1 rings (SSSR count). The predicted octanol–water partition coefficient (Wildman–Crippen LogP) is 0.455. The van der Waals surface area contributed by atoms with Crippen LogP contribution in [0.2, 0.25) is 5.02 Å². The van der Waals surface area contributed by atoms with Gasteiger partial charge in [0.2, 0.25) is 10.0 Å². The number of nitrogens with one attached hydrogen (secondary N) is 1. The molecule has 5 N–H and O–H groups in total. The van der Waals surface area contributed by atoms with Crippen molar-refractivity contribution in [2.45, 2.75) is 10.9 Å². The van der Waals surface area contributed by atoms with Gasteiger partial charge >= 0.3 is 0 Å². The van der Waals surface area contributed by atoms with Gasteiger partial charge in [-0.2, -0.15) is 0 Å². The Bertz CT molecular complexity index is 580. The highest BCUT2D eigenvalue weighted by atomic mass is 79.9. The summed E-state index contributed by atoms with van der Waals surface area (Å²) < 4.78 is 39.6. The molecule has 0 atom stereocenters. The van der Waals surface area contributed by atoms with E-state index in [9.17, 15) is 12.8 Å². The van der Waals surface area contributed by atoms with Crippen LogP contribution in [-0.4, -0.2) is 37.9 Å². The quantitative estimate of drug-likeness (QED) is 0.440. The summed E-state index contributed by atoms with van der Waals surface area (Å²) in [5, 5.41) is 17.6. The van der Waals surface area contributed by atoms with Crippen molar-refractivity contribution in [2.24, 2.45) is 0 Å². The van der Waals surface area contributed by atoms with Crippen LogP contribution in [0.1, 0.15) is 0 Å². The van der Waals surface area contributed by atoms with Gasteiger partial charge in [0.05, 0.1) is 34.4 Å². The summed E-state index contributed by atoms with van der Waals surface area (Å²) >= 11 is 8.63. The summed E-state index contributed by atoms with van der Waals surface area (Å²) in [6, 6.07) is -0.265. The summed E-state index contributed by atoms with van der Waals surface area (Å²) in [4.78, 5) is -0.759. The normalized spacial score (nSPS) is 12.1. The second-order valence-corrected chi connectivity index (χ2v) is 6.46. The second kappa shape index (κ2) is 6.33. The number of aliphatic hydroxyl groups excluding tert-OH is 2. The molecule has 0 aliphatic carbocycles. The molecule has 6 nitrogen and oxygen atoms in total. The third-order valence-corrected chi connectivity index (χ3v) is 5.11. The number of hydrogen-bond acceptors (Lipinski definition) is 5. The van der Waals surface area contributed by atoms with Gasteiger partial charge in [0.1, 0.15) is 4.90 Å². The first-order chi connectivity index (χ1) is 8.74. The highest BCUT2D eigenvalue weighted by molar-refractivity contribution is 9.10. The number of anilines is 1. The number of hydrogen-bond donors (Lipinski definition) is 4. The molecule has 0 saturated carbocycles. The van der Waals surface area contributed by atoms with Crippen molar-refractivity contribution in [3.8, 4) is 0 Å². The molecule has 0 fully saturated rings. The van der Waals surface area contributed by atoms with Crippen LogP contribution >= 0.6 is 27.5 Å². The lowest BCUT2D eigenvalue weighted by atomic mass is 10.3. The van der Waals surface area contributed by atoms with E-state index in [1.165, 1.54) is 0 Å². The Morgan fingerprint density at radius 1 is 1.47 bits per heavy atom. The minimum Gasteiger partial charge on any atom is -0.395 e. The minimum absolute atomic E-state index is 0.0477. The Kier molecular flexibility index (Phi) is 5.53. The fourth-order valence-corrected chi connectivity index (χ4v) is 3.11. The highest BCUT2D eigenvalue weighted by Crippen LogP contribution is 2.34. The van der Waals surface area contributed by atoms with Gasteiger partial charge in [0, 0.05) is 0 Å². The van der Waals surface area contributed by atoms with Crippen molar-refractivity contribution in [1.82, 2.24) is 4.72 Å². The van der Waals surface area contributed by atoms with Crippen LogP contribution in [-0.2, 0) is 10.0 Å². The Balaban J connectivity index is 3.30. The van der Waals surface area contributed by atoms with Crippen LogP contribution in [0.4, 0.5) is 10.1 Å². The minimum atomic E-state index is -4.31. The Morgan fingerprint density at radius 2 is 2.00 bits per heavy atom. The van der Waals surface area contributed by atoms with Crippen molar-refractivity contribution in [2.75, 3.05) is 18.9 Å². The summed E-state index contributed by atoms with van der Waals surface area (Å²) in [5.41, 5.74) is 4.93. The molecule has 0 heterocycles. The number of halogens is 3. The third-order valence-electron chi connectivity index (χ3n) is 2.21. The molecule has 0 aliphatic rings. The Labute approximate surface area is 122 Å². The van der Waals surface area contributed by atoms with E-state index in [0.29, 0.717) is 0 Å². The van der Waals surface area contributed by atoms with Crippen molar-refractivity contribution in [3.05, 3.63) is 21.4 Å². The first kappa shape index (κ1) is 16.6. The van der Waals surface area contributed by atoms with Crippen LogP contribution in [0.5, 0.6) is 0 Å². The number of sulfonamides is 1. The van der Waals surface area contributed by atoms with Crippen LogP contribution in [0.3, 0.4) is 0 Å². The lowest BCUT2D eigenvalue weighted by molar-refractivity contribution is 0.185. The van der Waals surface area contributed by atoms with E-state index in [4.69, 9.17) is 27.5 Å². The summed E-state index contributed by atoms with van der Waals surface area (Å²) in [7, 11) is -4.31. The number of nitrogens with two attached hydrogens (primary N) is 1. The monoisotopic (exact) mass is 376 g/mol. The van der Waals surface area contributed by atoms with Crippen molar-refractivity contribution in [1.29, 1.82) is 0 Å². The van der Waals surface area contributed by atoms with Gasteiger partial charge in [-0.3, -0.25) is 0 Å². The number of aliphatic hydroxyl groups is 2. The lowest BCUT2D eigenvalue weighted by Crippen LogP contribution is -2.40. The average molecular weight is 378 g/mol. The molecule has 0 unspecified atom stereocenters. The van der Waals surface area contributed by atoms with E-state index in [0.717, 1.165) is 6.07 Å². The van der Waals surface area contributed by atoms with Gasteiger partial charge in [-0.1, -0.05) is 11.6 Å². The SMILES string of the molecule is Nc1c(F)c(S(=O)(=O)NC(CO)CO)cc(Cl)c1Br. The molecule has 0 saturated heterocycles. The molecule has 0 radical (unpaired) electrons. The largest absolute Gasteiger partial charge is 0.395 e. The van der Waals surface area contributed by atoms with Gasteiger partial charge in [0.15, 0.2) is 5.82 Å². The molecule has 10 heteroatoms. The summed E-state index contributed by atoms with van der Waals surface area (Å²) in [6.07, 6.45) is 0. The zero-order valence-corrected chi connectivity index (χ0v) is 12.6. The van der Waals surface area contributed by atoms with Crippen molar-refractivity contribution >= 4 is 43.2 Å². The average Bonchev–Trinajstić information content (AvgIpc) is 2.37. The van der Waals surface area contributed by atoms with Crippen LogP contribution in [0.25, 0.3) is 0 Å². The second-order valence-electron chi connectivity index (χ2n) is 3.58. The predicted molar refractivity (Wildman–Crippen MR) is 71.8 cm³/mol. The molecular formula is C9H11BrClFN2O4S. The first-order valence-corrected chi connectivity index (χ1v) is 7.57. The molecule has 0 aliphatic heterocycles. The topological polar surface area (TPSA) is 113 Å². The number of rotatable bonds is 5. The zero-order chi connectivity index (χ0) is 14.8. The van der Waals surface area contributed by atoms with Gasteiger partial charge in [-0.15, -0.1) is 0 Å². The van der Waals surface area contributed by atoms with E-state index in [1.807, 2.05) is 4.72 Å². The molecule has 1 aromatic rings. The standard InChI is InChI=1S/C9H11BrClFN2O4S/c10-7-5(11)1-6(8(12)9(7)13)19(17,18)14-4(2-15)3-16/h1,4,14-16H,2-3,13H2. The summed E-state index contributed by atoms with van der Waals surface area (Å²) in [5.74, 6) is -1.17. The van der Waals surface area contributed by atoms with E-state index in [-0.39, 0.29) is 9.50 Å². The molecule has 0 spiro atoms. The Morgan fingerprint density at radius 3 is 2.47 bits per heavy atom. The maximum Gasteiger partial charge on any atom is 0.244 e. The third kappa shape index (κ3) is 3.56. The maximum atomic E-state index is 13.8. The number of benzene rings is 1. The lowest BCUT2D eigenvalue weighted by Gasteiger charge is -2.15. The van der Waals surface area contributed by atoms with Crippen LogP contribution in [0, 0.1) is 5.82 Å². The molecule has 0 amide bonds. The molecular weight excluding hydrogens is 367 g/mol. The van der Waals surface area contributed by atoms with E-state index >= 15 is 0 Å². The van der Waals surface area contributed by atoms with Crippen LogP contribution < -0.4 is 10.5 Å². The smallest absolute Gasteiger partial charge is 0.244 e. The van der Waals surface area contributed by atoms with E-state index in [2.05, 4.69) is 15.9 Å². The Hall–Kier alpha value is -0.450. The van der Waals surface area contributed by atoms with Gasteiger partial charge < -0.3 is 15.9 Å². The van der Waals surface area contributed by atoms with Crippen molar-refractivity contribution < 1.29 is 23.0 Å². The van der Waals surface area contributed by atoms with E-state index in [1.54, 1.807) is 0 Å². The first-order valence-electron chi connectivity index (χ1n) is 4.91. The van der Waals surface area contributed by atoms with Crippen LogP contribution in [0.15, 0.2) is 15.4 Å². The van der Waals surface area contributed by atoms with E-state index < -0.39 is 45.7 Å². The fourth-order valence-electron chi connectivity index (χ4n) is 1.21. The van der Waals surface area contributed by atoms with Gasteiger partial charge in [-0.25, -0.2) is 17.5 Å². The molecule has 108 valence electrons.